The van der Waals surface area contributed by atoms with Crippen LogP contribution < -0.4 is 10.2 Å². The number of fused-ring (bicyclic) bond motifs is 2. The van der Waals surface area contributed by atoms with Crippen LogP contribution in [-0.4, -0.2) is 23.0 Å². The van der Waals surface area contributed by atoms with Gasteiger partial charge in [0.2, 0.25) is 0 Å². The zero-order valence-electron chi connectivity index (χ0n) is 25.0. The van der Waals surface area contributed by atoms with Crippen molar-refractivity contribution in [3.63, 3.8) is 0 Å². The van der Waals surface area contributed by atoms with Gasteiger partial charge in [0, 0.05) is 39.8 Å². The molecule has 1 heterocycles. The van der Waals surface area contributed by atoms with E-state index in [4.69, 9.17) is 0 Å². The predicted octanol–water partition coefficient (Wildman–Crippen LogP) is 8.80. The van der Waals surface area contributed by atoms with E-state index in [1.165, 1.54) is 34.0 Å². The summed E-state index contributed by atoms with van der Waals surface area (Å²) in [6.45, 7) is 4.92. The van der Waals surface area contributed by atoms with Crippen LogP contribution in [0.5, 0.6) is 0 Å². The lowest BCUT2D eigenvalue weighted by atomic mass is 9.63. The standard InChI is InChI=1S/C39H43N3/c1-39(2)35-27-33(41(29-15-7-3-8-16-29)30-17-9-4-10-18-30)23-25-37(35)40-38-26-24-34(28-36(38)39)42(31-19-11-5-12-20-31)32-21-13-6-14-22-32/h3-5,7-11,13,15-17,19,21-22,24-28,30,33,36,38,40H,6,12,14,18,20,23H2,1-2H3. The van der Waals surface area contributed by atoms with Crippen LogP contribution in [0, 0.1) is 11.3 Å². The summed E-state index contributed by atoms with van der Waals surface area (Å²) in [6, 6.07) is 11.9. The number of anilines is 1. The number of hydrogen-bond acceptors (Lipinski definition) is 3. The van der Waals surface area contributed by atoms with Gasteiger partial charge in [0.05, 0.1) is 18.1 Å². The minimum absolute atomic E-state index is 0.0234. The Bertz CT molecular complexity index is 1500. The third kappa shape index (κ3) is 5.00. The molecule has 214 valence electrons. The first-order chi connectivity index (χ1) is 20.6. The Kier molecular flexibility index (Phi) is 7.27. The van der Waals surface area contributed by atoms with Crippen LogP contribution in [0.2, 0.25) is 0 Å². The largest absolute Gasteiger partial charge is 0.378 e. The van der Waals surface area contributed by atoms with Crippen LogP contribution in [0.1, 0.15) is 52.4 Å². The highest BCUT2D eigenvalue weighted by Gasteiger charge is 2.45. The molecule has 1 aromatic carbocycles. The van der Waals surface area contributed by atoms with Crippen molar-refractivity contribution in [2.45, 2.75) is 70.5 Å². The van der Waals surface area contributed by atoms with Gasteiger partial charge in [-0.25, -0.2) is 0 Å². The zero-order valence-corrected chi connectivity index (χ0v) is 25.0. The third-order valence-corrected chi connectivity index (χ3v) is 9.77. The topological polar surface area (TPSA) is 18.5 Å². The normalized spacial score (nSPS) is 28.8. The number of rotatable bonds is 6. The van der Waals surface area contributed by atoms with E-state index >= 15 is 0 Å². The van der Waals surface area contributed by atoms with Crippen molar-refractivity contribution in [1.82, 2.24) is 10.2 Å². The molecule has 6 aliphatic rings. The van der Waals surface area contributed by atoms with Gasteiger partial charge in [-0.2, -0.15) is 0 Å². The minimum atomic E-state index is -0.0234. The molecule has 0 saturated carbocycles. The Balaban J connectivity index is 1.24. The van der Waals surface area contributed by atoms with E-state index in [-0.39, 0.29) is 5.41 Å². The molecule has 1 aliphatic heterocycles. The van der Waals surface area contributed by atoms with E-state index in [1.54, 1.807) is 0 Å². The average Bonchev–Trinajstić information content (AvgIpc) is 3.04. The van der Waals surface area contributed by atoms with E-state index in [9.17, 15) is 0 Å². The molecule has 42 heavy (non-hydrogen) atoms. The van der Waals surface area contributed by atoms with E-state index < -0.39 is 0 Å². The summed E-state index contributed by atoms with van der Waals surface area (Å²) in [5, 5.41) is 3.96. The summed E-state index contributed by atoms with van der Waals surface area (Å²) in [4.78, 5) is 5.16. The maximum Gasteiger partial charge on any atom is 0.0521 e. The molecule has 1 fully saturated rings. The molecule has 3 heteroatoms. The second-order valence-electron chi connectivity index (χ2n) is 12.8. The van der Waals surface area contributed by atoms with Crippen LogP contribution >= 0.6 is 0 Å². The fourth-order valence-corrected chi connectivity index (χ4v) is 7.58. The van der Waals surface area contributed by atoms with Gasteiger partial charge in [0.25, 0.3) is 0 Å². The molecule has 4 atom stereocenters. The quantitative estimate of drug-likeness (QED) is 0.380. The molecule has 1 N–H and O–H groups in total. The number of allylic oxidation sites excluding steroid dienone is 11. The molecule has 4 unspecified atom stereocenters. The summed E-state index contributed by atoms with van der Waals surface area (Å²) in [6.07, 6.45) is 41.7. The number of benzene rings is 1. The molecular weight excluding hydrogens is 510 g/mol. The second-order valence-corrected chi connectivity index (χ2v) is 12.8. The number of hydrogen-bond donors (Lipinski definition) is 1. The van der Waals surface area contributed by atoms with Gasteiger partial charge in [0.1, 0.15) is 0 Å². The van der Waals surface area contributed by atoms with E-state index in [2.05, 4.69) is 150 Å². The van der Waals surface area contributed by atoms with Crippen molar-refractivity contribution in [2.75, 3.05) is 4.90 Å². The first kappa shape index (κ1) is 26.9. The van der Waals surface area contributed by atoms with Gasteiger partial charge in [-0.05, 0) is 74.5 Å². The molecule has 1 saturated heterocycles. The van der Waals surface area contributed by atoms with Crippen LogP contribution in [0.4, 0.5) is 5.69 Å². The maximum absolute atomic E-state index is 3.96. The Morgan fingerprint density at radius 2 is 1.69 bits per heavy atom. The lowest BCUT2D eigenvalue weighted by molar-refractivity contribution is 0.243. The van der Waals surface area contributed by atoms with Gasteiger partial charge in [-0.1, -0.05) is 105 Å². The lowest BCUT2D eigenvalue weighted by Crippen LogP contribution is -2.52. The minimum Gasteiger partial charge on any atom is -0.378 e. The van der Waals surface area contributed by atoms with Crippen molar-refractivity contribution in [1.29, 1.82) is 0 Å². The molecular formula is C39H43N3. The van der Waals surface area contributed by atoms with Crippen molar-refractivity contribution in [3.05, 3.63) is 150 Å². The van der Waals surface area contributed by atoms with Crippen molar-refractivity contribution < 1.29 is 0 Å². The lowest BCUT2D eigenvalue weighted by Gasteiger charge is -2.50. The van der Waals surface area contributed by atoms with Gasteiger partial charge in [-0.3, -0.25) is 0 Å². The molecule has 7 rings (SSSR count). The summed E-state index contributed by atoms with van der Waals surface area (Å²) in [5.41, 5.74) is 8.04. The molecule has 0 aromatic heterocycles. The number of nitrogens with one attached hydrogen (secondary N) is 1. The Labute approximate surface area is 252 Å². The fraction of sp³-hybridized carbons (Fsp3) is 0.333. The molecule has 0 radical (unpaired) electrons. The summed E-state index contributed by atoms with van der Waals surface area (Å²) in [7, 11) is 0. The third-order valence-electron chi connectivity index (χ3n) is 9.77. The summed E-state index contributed by atoms with van der Waals surface area (Å²) >= 11 is 0. The summed E-state index contributed by atoms with van der Waals surface area (Å²) in [5.74, 6) is 0.345. The first-order valence-electron chi connectivity index (χ1n) is 15.9. The van der Waals surface area contributed by atoms with Gasteiger partial charge >= 0.3 is 0 Å². The van der Waals surface area contributed by atoms with Crippen LogP contribution in [0.3, 0.4) is 0 Å². The molecule has 0 spiro atoms. The maximum atomic E-state index is 3.96. The highest BCUT2D eigenvalue weighted by Crippen LogP contribution is 2.49. The molecule has 3 nitrogen and oxygen atoms in total. The van der Waals surface area contributed by atoms with E-state index in [0.717, 1.165) is 38.5 Å². The number of nitrogens with zero attached hydrogens (tertiary/aromatic N) is 2. The Morgan fingerprint density at radius 3 is 2.45 bits per heavy atom. The van der Waals surface area contributed by atoms with E-state index in [0.29, 0.717) is 24.0 Å². The highest BCUT2D eigenvalue weighted by molar-refractivity contribution is 5.55. The SMILES string of the molecule is CC1(C)C2=CC(N(c3ccccc3)C3C=CC=CC3)CC=C2NC2C=CC(N(C3=CCCC=C3)C3=CC=CCC3)=CC21. The Hall–Kier alpha value is -3.98. The molecule has 5 aliphatic carbocycles. The predicted molar refractivity (Wildman–Crippen MR) is 176 cm³/mol. The van der Waals surface area contributed by atoms with Crippen LogP contribution in [0.15, 0.2) is 150 Å². The van der Waals surface area contributed by atoms with Crippen LogP contribution in [-0.2, 0) is 0 Å². The highest BCUT2D eigenvalue weighted by atomic mass is 15.2. The summed E-state index contributed by atoms with van der Waals surface area (Å²) < 4.78 is 0. The molecule has 0 bridgehead atoms. The van der Waals surface area contributed by atoms with Crippen molar-refractivity contribution in [3.8, 4) is 0 Å². The first-order valence-corrected chi connectivity index (χ1v) is 15.9. The number of para-hydroxylation sites is 1. The fourth-order valence-electron chi connectivity index (χ4n) is 7.58. The number of piperidine rings is 1. The molecule has 1 aromatic rings. The molecule has 0 amide bonds. The van der Waals surface area contributed by atoms with Gasteiger partial charge in [-0.15, -0.1) is 0 Å². The van der Waals surface area contributed by atoms with Gasteiger partial charge in [0.15, 0.2) is 0 Å². The van der Waals surface area contributed by atoms with Crippen molar-refractivity contribution in [2.24, 2.45) is 11.3 Å². The van der Waals surface area contributed by atoms with Crippen molar-refractivity contribution >= 4 is 5.69 Å². The monoisotopic (exact) mass is 553 g/mol. The van der Waals surface area contributed by atoms with Crippen LogP contribution in [0.25, 0.3) is 0 Å². The average molecular weight is 554 g/mol. The second kappa shape index (κ2) is 11.4. The smallest absolute Gasteiger partial charge is 0.0521 e. The zero-order chi connectivity index (χ0) is 28.5. The Morgan fingerprint density at radius 1 is 0.786 bits per heavy atom. The van der Waals surface area contributed by atoms with Gasteiger partial charge < -0.3 is 15.1 Å². The van der Waals surface area contributed by atoms with E-state index in [1.807, 2.05) is 0 Å².